The molecule has 4 aliphatic heterocycles. The van der Waals surface area contributed by atoms with Crippen LogP contribution in [0.5, 0.6) is 5.75 Å². The first kappa shape index (κ1) is 36.5. The molecule has 0 radical (unpaired) electrons. The highest BCUT2D eigenvalue weighted by atomic mass is 16.6. The molecule has 51 heavy (non-hydrogen) atoms. The van der Waals surface area contributed by atoms with Crippen LogP contribution in [0.4, 0.5) is 15.3 Å². The van der Waals surface area contributed by atoms with Crippen LogP contribution in [0.15, 0.2) is 42.5 Å². The Morgan fingerprint density at radius 3 is 2.31 bits per heavy atom. The third kappa shape index (κ3) is 9.13. The predicted molar refractivity (Wildman–Crippen MR) is 193 cm³/mol. The summed E-state index contributed by atoms with van der Waals surface area (Å²) in [7, 11) is 3.23. The van der Waals surface area contributed by atoms with E-state index in [2.05, 4.69) is 20.6 Å². The third-order valence-corrected chi connectivity index (χ3v) is 10.8. The van der Waals surface area contributed by atoms with E-state index in [-0.39, 0.29) is 36.1 Å². The molecule has 0 aromatic heterocycles. The van der Waals surface area contributed by atoms with Crippen molar-refractivity contribution in [3.63, 3.8) is 0 Å². The Balaban J connectivity index is 1.03. The lowest BCUT2D eigenvalue weighted by Crippen LogP contribution is -2.56. The summed E-state index contributed by atoms with van der Waals surface area (Å²) >= 11 is 0. The number of hydroxylamine groups is 1. The minimum Gasteiger partial charge on any atom is -0.509 e. The van der Waals surface area contributed by atoms with Crippen LogP contribution in [0.1, 0.15) is 36.8 Å². The van der Waals surface area contributed by atoms with Crippen LogP contribution in [-0.2, 0) is 32.0 Å². The number of rotatable bonds is 9. The third-order valence-electron chi connectivity index (χ3n) is 10.8. The Morgan fingerprint density at radius 2 is 1.61 bits per heavy atom. The summed E-state index contributed by atoms with van der Waals surface area (Å²) in [6.45, 7) is 6.18. The van der Waals surface area contributed by atoms with Crippen molar-refractivity contribution in [3.8, 4) is 5.75 Å². The number of likely N-dealkylation sites (tertiary alicyclic amines) is 2. The van der Waals surface area contributed by atoms with Crippen molar-refractivity contribution in [2.75, 3.05) is 77.9 Å². The van der Waals surface area contributed by atoms with Gasteiger partial charge in [-0.05, 0) is 60.8 Å². The van der Waals surface area contributed by atoms with E-state index in [1.54, 1.807) is 24.9 Å². The predicted octanol–water partition coefficient (Wildman–Crippen LogP) is 0.539. The van der Waals surface area contributed by atoms with Crippen LogP contribution in [-0.4, -0.2) is 152 Å². The van der Waals surface area contributed by atoms with Crippen molar-refractivity contribution in [2.45, 2.75) is 56.7 Å². The maximum atomic E-state index is 14.0. The van der Waals surface area contributed by atoms with Gasteiger partial charge < -0.3 is 29.9 Å². The van der Waals surface area contributed by atoms with Gasteiger partial charge in [0.15, 0.2) is 6.10 Å². The molecule has 14 nitrogen and oxygen atoms in total. The molecule has 15 heteroatoms. The molecule has 0 aliphatic carbocycles. The number of ether oxygens (including phenoxy) is 1. The molecule has 3 N–H and O–H groups in total. The number of phenolic OH excluding ortho intramolecular Hbond substituents is 1. The lowest BCUT2D eigenvalue weighted by molar-refractivity contribution is -0.142. The summed E-state index contributed by atoms with van der Waals surface area (Å²) < 4.78 is 6.03. The Hall–Kier alpha value is -4.34. The van der Waals surface area contributed by atoms with Crippen molar-refractivity contribution >= 4 is 42.9 Å². The largest absolute Gasteiger partial charge is 0.509 e. The van der Waals surface area contributed by atoms with E-state index in [0.717, 1.165) is 62.3 Å². The van der Waals surface area contributed by atoms with E-state index in [4.69, 9.17) is 9.57 Å². The molecule has 3 fully saturated rings. The van der Waals surface area contributed by atoms with E-state index in [1.807, 2.05) is 40.1 Å². The first-order valence-corrected chi connectivity index (χ1v) is 18.1. The highest BCUT2D eigenvalue weighted by molar-refractivity contribution is 6.34. The zero-order valence-electron chi connectivity index (χ0n) is 29.7. The number of carbonyl (C=O) groups is 4. The van der Waals surface area contributed by atoms with E-state index in [1.165, 1.54) is 7.11 Å². The maximum absolute atomic E-state index is 14.0. The molecule has 2 aromatic carbocycles. The van der Waals surface area contributed by atoms with Crippen molar-refractivity contribution in [1.29, 1.82) is 0 Å². The van der Waals surface area contributed by atoms with Gasteiger partial charge in [0, 0.05) is 83.1 Å². The number of urea groups is 1. The number of piperidine rings is 2. The number of aromatic hydroxyl groups is 1. The number of phenols is 1. The Kier molecular flexibility index (Phi) is 12.0. The Bertz CT molecular complexity index is 1560. The molecule has 1 atom stereocenters. The number of anilines is 1. The van der Waals surface area contributed by atoms with Gasteiger partial charge in [0.05, 0.1) is 13.7 Å². The first-order valence-electron chi connectivity index (χ1n) is 18.1. The van der Waals surface area contributed by atoms with E-state index in [0.29, 0.717) is 63.6 Å². The fourth-order valence-corrected chi connectivity index (χ4v) is 7.82. The second kappa shape index (κ2) is 16.8. The molecule has 2 aromatic rings. The van der Waals surface area contributed by atoms with Crippen LogP contribution in [0, 0.1) is 0 Å². The monoisotopic (exact) mass is 703 g/mol. The molecule has 274 valence electrons. The smallest absolute Gasteiger partial charge is 0.410 e. The van der Waals surface area contributed by atoms with Crippen molar-refractivity contribution in [2.24, 2.45) is 0 Å². The molecule has 0 unspecified atom stereocenters. The standard InChI is InChI=1S/C36H50BN7O7/c1-50-39-33(46)24-40-18-20-41(21-19-40)27-9-13-42(14-10-27)34(47)32(23-25-6-7-31(45)29(37)22-25)51-36(49)43-15-11-28(12-16-43)44-17-8-26-4-2-3-5-30(26)38-35(44)48/h2-7,22,27-28,32,45H,8-21,23-24,37H2,1H3,(H,38,48)(H,39,46)/t32-/m1/s1. The number of nitrogens with one attached hydrogen (secondary N) is 2. The van der Waals surface area contributed by atoms with Crippen LogP contribution in [0.25, 0.3) is 0 Å². The summed E-state index contributed by atoms with van der Waals surface area (Å²) in [5, 5.41) is 13.1. The number of hydrogen-bond acceptors (Lipinski definition) is 9. The van der Waals surface area contributed by atoms with Gasteiger partial charge in [0.1, 0.15) is 13.6 Å². The average molecular weight is 704 g/mol. The summed E-state index contributed by atoms with van der Waals surface area (Å²) in [5.74, 6) is -0.199. The summed E-state index contributed by atoms with van der Waals surface area (Å²) in [6.07, 6.45) is 2.31. The van der Waals surface area contributed by atoms with Crippen molar-refractivity contribution < 1.29 is 33.9 Å². The van der Waals surface area contributed by atoms with E-state index in [9.17, 15) is 24.3 Å². The van der Waals surface area contributed by atoms with E-state index >= 15 is 0 Å². The lowest BCUT2D eigenvalue weighted by atomic mass is 9.91. The number of fused-ring (bicyclic) bond motifs is 1. The van der Waals surface area contributed by atoms with E-state index < -0.39 is 12.2 Å². The first-order chi connectivity index (χ1) is 24.7. The summed E-state index contributed by atoms with van der Waals surface area (Å²) in [4.78, 5) is 67.2. The molecule has 6 rings (SSSR count). The molecular weight excluding hydrogens is 653 g/mol. The van der Waals surface area contributed by atoms with Gasteiger partial charge in [-0.1, -0.05) is 30.3 Å². The van der Waals surface area contributed by atoms with Gasteiger partial charge in [-0.3, -0.25) is 24.2 Å². The Morgan fingerprint density at radius 1 is 0.922 bits per heavy atom. The second-order valence-electron chi connectivity index (χ2n) is 14.0. The number of amides is 5. The SMILES string of the molecule is Bc1cc(C[C@@H](OC(=O)N2CCC(N3CCc4ccccc4NC3=O)CC2)C(=O)N2CCC(N3CCN(CC(=O)NOC)CC3)CC2)ccc1O. The van der Waals surface area contributed by atoms with Gasteiger partial charge in [-0.2, -0.15) is 0 Å². The minimum absolute atomic E-state index is 0.000179. The fourth-order valence-electron chi connectivity index (χ4n) is 7.82. The summed E-state index contributed by atoms with van der Waals surface area (Å²) in [6, 6.07) is 13.3. The fraction of sp³-hybridized carbons (Fsp3) is 0.556. The molecule has 3 saturated heterocycles. The van der Waals surface area contributed by atoms with Crippen molar-refractivity contribution in [1.82, 2.24) is 30.0 Å². The molecule has 5 amide bonds. The molecule has 4 aliphatic rings. The molecule has 0 spiro atoms. The van der Waals surface area contributed by atoms with Crippen LogP contribution in [0.3, 0.4) is 0 Å². The number of piperazine rings is 1. The number of hydrogen-bond donors (Lipinski definition) is 3. The Labute approximate surface area is 300 Å². The molecular formula is C36H50BN7O7. The van der Waals surface area contributed by atoms with Gasteiger partial charge in [-0.25, -0.2) is 15.1 Å². The average Bonchev–Trinajstić information content (AvgIpc) is 3.31. The van der Waals surface area contributed by atoms with Crippen LogP contribution < -0.4 is 16.3 Å². The molecule has 0 bridgehead atoms. The number of carbonyl (C=O) groups excluding carboxylic acids is 4. The normalized spacial score (nSPS) is 20.3. The number of benzene rings is 2. The topological polar surface area (TPSA) is 147 Å². The maximum Gasteiger partial charge on any atom is 0.410 e. The number of nitrogens with zero attached hydrogens (tertiary/aromatic N) is 5. The van der Waals surface area contributed by atoms with Crippen LogP contribution in [0.2, 0.25) is 0 Å². The summed E-state index contributed by atoms with van der Waals surface area (Å²) in [5.41, 5.74) is 5.82. The quantitative estimate of drug-likeness (QED) is 0.252. The van der Waals surface area contributed by atoms with Gasteiger partial charge in [0.2, 0.25) is 0 Å². The lowest BCUT2D eigenvalue weighted by Gasteiger charge is -2.43. The zero-order valence-corrected chi connectivity index (χ0v) is 29.7. The minimum atomic E-state index is -1.01. The van der Waals surface area contributed by atoms with Gasteiger partial charge in [-0.15, -0.1) is 0 Å². The number of para-hydroxylation sites is 1. The highest BCUT2D eigenvalue weighted by Gasteiger charge is 2.36. The van der Waals surface area contributed by atoms with Crippen molar-refractivity contribution in [3.05, 3.63) is 53.6 Å². The molecule has 4 heterocycles. The van der Waals surface area contributed by atoms with Gasteiger partial charge >= 0.3 is 12.1 Å². The second-order valence-corrected chi connectivity index (χ2v) is 14.0. The highest BCUT2D eigenvalue weighted by Crippen LogP contribution is 2.26. The zero-order chi connectivity index (χ0) is 35.9. The van der Waals surface area contributed by atoms with Crippen LogP contribution >= 0.6 is 0 Å². The molecule has 0 saturated carbocycles. The van der Waals surface area contributed by atoms with Gasteiger partial charge in [0.25, 0.3) is 11.8 Å².